The van der Waals surface area contributed by atoms with Gasteiger partial charge in [0.15, 0.2) is 6.61 Å². The molecule has 0 N–H and O–H groups in total. The van der Waals surface area contributed by atoms with Crippen molar-refractivity contribution in [2.24, 2.45) is 17.8 Å². The number of esters is 2. The first-order chi connectivity index (χ1) is 10.4. The van der Waals surface area contributed by atoms with Crippen LogP contribution in [0.15, 0.2) is 12.2 Å². The molecule has 2 aliphatic heterocycles. The predicted octanol–water partition coefficient (Wildman–Crippen LogP) is 2.24. The number of carbonyl (C=O) groups is 2. The SMILES string of the molecule is C=C(C)C(=O)OCC(=O)OC1C2CC3CC(C2)C(C)OC1C3. The summed E-state index contributed by atoms with van der Waals surface area (Å²) in [5.41, 5.74) is 0.274. The molecular formula is C17H24O5. The van der Waals surface area contributed by atoms with Gasteiger partial charge in [0.25, 0.3) is 0 Å². The van der Waals surface area contributed by atoms with Gasteiger partial charge < -0.3 is 14.2 Å². The summed E-state index contributed by atoms with van der Waals surface area (Å²) >= 11 is 0. The van der Waals surface area contributed by atoms with Crippen LogP contribution in [0.4, 0.5) is 0 Å². The van der Waals surface area contributed by atoms with Gasteiger partial charge in [-0.2, -0.15) is 0 Å². The third kappa shape index (κ3) is 3.05. The lowest BCUT2D eigenvalue weighted by Crippen LogP contribution is -2.45. The van der Waals surface area contributed by atoms with Gasteiger partial charge in [0.05, 0.1) is 12.2 Å². The van der Waals surface area contributed by atoms with Crippen molar-refractivity contribution in [3.63, 3.8) is 0 Å². The molecule has 2 saturated heterocycles. The zero-order chi connectivity index (χ0) is 15.9. The molecule has 2 aliphatic carbocycles. The lowest BCUT2D eigenvalue weighted by Gasteiger charge is -2.42. The molecule has 4 rings (SSSR count). The van der Waals surface area contributed by atoms with E-state index in [1.165, 1.54) is 6.42 Å². The van der Waals surface area contributed by atoms with Crippen molar-refractivity contribution in [1.29, 1.82) is 0 Å². The number of carbonyl (C=O) groups excluding carboxylic acids is 2. The fourth-order valence-corrected chi connectivity index (χ4v) is 4.27. The molecule has 6 atom stereocenters. The number of rotatable bonds is 4. The molecule has 4 aliphatic rings. The van der Waals surface area contributed by atoms with Crippen LogP contribution in [0.2, 0.25) is 0 Å². The van der Waals surface area contributed by atoms with Crippen molar-refractivity contribution in [1.82, 2.24) is 0 Å². The minimum absolute atomic E-state index is 0.00737. The first kappa shape index (κ1) is 15.5. The second kappa shape index (κ2) is 6.03. The van der Waals surface area contributed by atoms with E-state index in [2.05, 4.69) is 13.5 Å². The van der Waals surface area contributed by atoms with Crippen LogP contribution in [-0.2, 0) is 23.8 Å². The molecule has 0 spiro atoms. The Balaban J connectivity index is 1.59. The van der Waals surface area contributed by atoms with Gasteiger partial charge in [-0.25, -0.2) is 9.59 Å². The zero-order valence-electron chi connectivity index (χ0n) is 13.2. The van der Waals surface area contributed by atoms with Gasteiger partial charge in [0.1, 0.15) is 6.10 Å². The van der Waals surface area contributed by atoms with E-state index in [4.69, 9.17) is 14.2 Å². The molecule has 22 heavy (non-hydrogen) atoms. The summed E-state index contributed by atoms with van der Waals surface area (Å²) in [6.45, 7) is 6.80. The Morgan fingerprint density at radius 2 is 1.91 bits per heavy atom. The summed E-state index contributed by atoms with van der Waals surface area (Å²) in [5, 5.41) is 0. The zero-order valence-corrected chi connectivity index (χ0v) is 13.2. The summed E-state index contributed by atoms with van der Waals surface area (Å²) in [5.74, 6) is 0.606. The van der Waals surface area contributed by atoms with E-state index in [1.54, 1.807) is 6.92 Å². The highest BCUT2D eigenvalue weighted by atomic mass is 16.6. The van der Waals surface area contributed by atoms with Crippen LogP contribution in [0, 0.1) is 17.8 Å². The fourth-order valence-electron chi connectivity index (χ4n) is 4.27. The fraction of sp³-hybridized carbons (Fsp3) is 0.765. The highest BCUT2D eigenvalue weighted by molar-refractivity contribution is 5.88. The maximum atomic E-state index is 12.0. The van der Waals surface area contributed by atoms with Gasteiger partial charge in [-0.15, -0.1) is 0 Å². The topological polar surface area (TPSA) is 61.8 Å². The van der Waals surface area contributed by atoms with Crippen LogP contribution < -0.4 is 0 Å². The van der Waals surface area contributed by atoms with E-state index in [9.17, 15) is 9.59 Å². The van der Waals surface area contributed by atoms with Crippen molar-refractivity contribution in [2.45, 2.75) is 57.8 Å². The first-order valence-electron chi connectivity index (χ1n) is 8.11. The van der Waals surface area contributed by atoms with Crippen molar-refractivity contribution < 1.29 is 23.8 Å². The second-order valence-corrected chi connectivity index (χ2v) is 7.02. The van der Waals surface area contributed by atoms with E-state index in [1.807, 2.05) is 0 Å². The van der Waals surface area contributed by atoms with Gasteiger partial charge in [-0.3, -0.25) is 0 Å². The highest BCUT2D eigenvalue weighted by Gasteiger charge is 2.50. The molecule has 5 nitrogen and oxygen atoms in total. The molecule has 2 saturated carbocycles. The Hall–Kier alpha value is -1.36. The Morgan fingerprint density at radius 3 is 2.64 bits per heavy atom. The number of hydrogen-bond acceptors (Lipinski definition) is 5. The first-order valence-corrected chi connectivity index (χ1v) is 8.11. The molecule has 0 amide bonds. The minimum atomic E-state index is -0.566. The number of hydrogen-bond donors (Lipinski definition) is 0. The van der Waals surface area contributed by atoms with E-state index in [-0.39, 0.29) is 30.5 Å². The normalized spacial score (nSPS) is 39.2. The maximum Gasteiger partial charge on any atom is 0.344 e. The minimum Gasteiger partial charge on any atom is -0.457 e. The predicted molar refractivity (Wildman–Crippen MR) is 78.9 cm³/mol. The summed E-state index contributed by atoms with van der Waals surface area (Å²) in [6.07, 6.45) is 4.44. The van der Waals surface area contributed by atoms with E-state index < -0.39 is 11.9 Å². The lowest BCUT2D eigenvalue weighted by molar-refractivity contribution is -0.175. The van der Waals surface area contributed by atoms with Gasteiger partial charge >= 0.3 is 11.9 Å². The molecule has 122 valence electrons. The van der Waals surface area contributed by atoms with Crippen LogP contribution in [0.3, 0.4) is 0 Å². The highest BCUT2D eigenvalue weighted by Crippen LogP contribution is 2.49. The quantitative estimate of drug-likeness (QED) is 0.589. The van der Waals surface area contributed by atoms with Crippen molar-refractivity contribution >= 4 is 11.9 Å². The van der Waals surface area contributed by atoms with Crippen molar-refractivity contribution in [2.75, 3.05) is 6.61 Å². The van der Waals surface area contributed by atoms with Crippen LogP contribution >= 0.6 is 0 Å². The average Bonchev–Trinajstić information content (AvgIpc) is 2.62. The second-order valence-electron chi connectivity index (χ2n) is 7.02. The molecule has 6 unspecified atom stereocenters. The maximum absolute atomic E-state index is 12.0. The Morgan fingerprint density at radius 1 is 1.18 bits per heavy atom. The standard InChI is InChI=1S/C17H24O5/c1-9(2)17(19)20-8-15(18)22-16-13-5-11-4-12(7-13)10(3)21-14(16)6-11/h10-14,16H,1,4-8H2,2-3H3. The van der Waals surface area contributed by atoms with Crippen molar-refractivity contribution in [3.05, 3.63) is 12.2 Å². The van der Waals surface area contributed by atoms with Gasteiger partial charge in [0.2, 0.25) is 0 Å². The van der Waals surface area contributed by atoms with Crippen LogP contribution in [0.25, 0.3) is 0 Å². The molecule has 0 aromatic heterocycles. The summed E-state index contributed by atoms with van der Waals surface area (Å²) in [7, 11) is 0. The van der Waals surface area contributed by atoms with Crippen LogP contribution in [-0.4, -0.2) is 36.9 Å². The van der Waals surface area contributed by atoms with Crippen LogP contribution in [0.1, 0.15) is 39.5 Å². The number of ether oxygens (including phenoxy) is 3. The molecular weight excluding hydrogens is 284 g/mol. The smallest absolute Gasteiger partial charge is 0.344 e. The van der Waals surface area contributed by atoms with Gasteiger partial charge in [0, 0.05) is 5.57 Å². The molecule has 5 heteroatoms. The largest absolute Gasteiger partial charge is 0.457 e. The van der Waals surface area contributed by atoms with E-state index >= 15 is 0 Å². The summed E-state index contributed by atoms with van der Waals surface area (Å²) in [6, 6.07) is 0. The molecule has 0 aromatic rings. The van der Waals surface area contributed by atoms with Gasteiger partial charge in [-0.1, -0.05) is 6.58 Å². The third-order valence-electron chi connectivity index (χ3n) is 5.26. The molecule has 4 bridgehead atoms. The Labute approximate surface area is 131 Å². The van der Waals surface area contributed by atoms with E-state index in [0.29, 0.717) is 17.8 Å². The monoisotopic (exact) mass is 308 g/mol. The van der Waals surface area contributed by atoms with E-state index in [0.717, 1.165) is 19.3 Å². The Bertz CT molecular complexity index is 485. The number of fused-ring (bicyclic) bond motifs is 1. The molecule has 0 radical (unpaired) electrons. The molecule has 2 heterocycles. The van der Waals surface area contributed by atoms with Crippen molar-refractivity contribution in [3.8, 4) is 0 Å². The molecule has 0 aromatic carbocycles. The molecule has 4 fully saturated rings. The van der Waals surface area contributed by atoms with Gasteiger partial charge in [-0.05, 0) is 57.3 Å². The third-order valence-corrected chi connectivity index (χ3v) is 5.26. The Kier molecular flexibility index (Phi) is 4.26. The van der Waals surface area contributed by atoms with Crippen LogP contribution in [0.5, 0.6) is 0 Å². The summed E-state index contributed by atoms with van der Waals surface area (Å²) in [4.78, 5) is 23.3. The average molecular weight is 308 g/mol. The summed E-state index contributed by atoms with van der Waals surface area (Å²) < 4.78 is 16.6. The lowest BCUT2D eigenvalue weighted by atomic mass is 9.66.